The van der Waals surface area contributed by atoms with Gasteiger partial charge in [-0.3, -0.25) is 4.79 Å². The molecule has 5 nitrogen and oxygen atoms in total. The van der Waals surface area contributed by atoms with Crippen molar-refractivity contribution in [2.45, 2.75) is 64.1 Å². The van der Waals surface area contributed by atoms with Crippen molar-refractivity contribution < 1.29 is 14.3 Å². The van der Waals surface area contributed by atoms with E-state index in [1.165, 1.54) is 6.42 Å². The highest BCUT2D eigenvalue weighted by Gasteiger charge is 2.32. The topological polar surface area (TPSA) is 49.9 Å². The molecule has 2 heterocycles. The summed E-state index contributed by atoms with van der Waals surface area (Å²) in [5.41, 5.74) is 0. The lowest BCUT2D eigenvalue weighted by Gasteiger charge is -2.39. The molecule has 0 aromatic heterocycles. The van der Waals surface area contributed by atoms with Crippen LogP contribution < -0.4 is 0 Å². The van der Waals surface area contributed by atoms with Crippen LogP contribution >= 0.6 is 0 Å². The van der Waals surface area contributed by atoms with Gasteiger partial charge in [0.15, 0.2) is 0 Å². The van der Waals surface area contributed by atoms with Crippen LogP contribution in [0.25, 0.3) is 0 Å². The molecule has 2 amide bonds. The number of likely N-dealkylation sites (tertiary alicyclic amines) is 1. The summed E-state index contributed by atoms with van der Waals surface area (Å²) in [4.78, 5) is 27.1. The van der Waals surface area contributed by atoms with Gasteiger partial charge in [0.2, 0.25) is 5.91 Å². The SMILES string of the molecule is CC1CCCC(C)N1C(=O)CCC1CN(C)C(=O)O1. The summed E-state index contributed by atoms with van der Waals surface area (Å²) in [5.74, 6) is 0.199. The third-order valence-corrected chi connectivity index (χ3v) is 4.22. The smallest absolute Gasteiger partial charge is 0.409 e. The average Bonchev–Trinajstić information content (AvgIpc) is 2.66. The molecule has 0 N–H and O–H groups in total. The van der Waals surface area contributed by atoms with Gasteiger partial charge in [-0.15, -0.1) is 0 Å². The second-order valence-electron chi connectivity index (χ2n) is 5.85. The Labute approximate surface area is 114 Å². The molecule has 0 aromatic rings. The van der Waals surface area contributed by atoms with Crippen molar-refractivity contribution in [2.75, 3.05) is 13.6 Å². The van der Waals surface area contributed by atoms with Crippen LogP contribution in [0.1, 0.15) is 46.0 Å². The maximum absolute atomic E-state index is 12.3. The number of cyclic esters (lactones) is 1. The zero-order valence-corrected chi connectivity index (χ0v) is 12.1. The van der Waals surface area contributed by atoms with Crippen molar-refractivity contribution in [1.29, 1.82) is 0 Å². The van der Waals surface area contributed by atoms with Crippen molar-refractivity contribution in [1.82, 2.24) is 9.80 Å². The Bertz CT molecular complexity index is 349. The molecular formula is C14H24N2O3. The van der Waals surface area contributed by atoms with Gasteiger partial charge in [0, 0.05) is 25.6 Å². The van der Waals surface area contributed by atoms with Crippen molar-refractivity contribution in [3.8, 4) is 0 Å². The van der Waals surface area contributed by atoms with Gasteiger partial charge >= 0.3 is 6.09 Å². The molecule has 0 aromatic carbocycles. The quantitative estimate of drug-likeness (QED) is 0.786. The third-order valence-electron chi connectivity index (χ3n) is 4.22. The Balaban J connectivity index is 1.82. The van der Waals surface area contributed by atoms with Crippen LogP contribution in [-0.4, -0.2) is 53.6 Å². The molecule has 0 bridgehead atoms. The van der Waals surface area contributed by atoms with E-state index in [0.717, 1.165) is 12.8 Å². The van der Waals surface area contributed by atoms with E-state index in [1.807, 2.05) is 4.90 Å². The second-order valence-corrected chi connectivity index (χ2v) is 5.85. The van der Waals surface area contributed by atoms with E-state index in [4.69, 9.17) is 4.74 Å². The van der Waals surface area contributed by atoms with Gasteiger partial charge in [-0.25, -0.2) is 4.79 Å². The monoisotopic (exact) mass is 268 g/mol. The number of amides is 2. The second kappa shape index (κ2) is 5.80. The van der Waals surface area contributed by atoms with Gasteiger partial charge < -0.3 is 14.5 Å². The van der Waals surface area contributed by atoms with Crippen LogP contribution in [0, 0.1) is 0 Å². The van der Waals surface area contributed by atoms with Crippen LogP contribution in [0.5, 0.6) is 0 Å². The first-order valence-electron chi connectivity index (χ1n) is 7.22. The van der Waals surface area contributed by atoms with Crippen molar-refractivity contribution in [3.63, 3.8) is 0 Å². The summed E-state index contributed by atoms with van der Waals surface area (Å²) in [6.45, 7) is 4.84. The first kappa shape index (κ1) is 14.2. The standard InChI is InChI=1S/C14H24N2O3/c1-10-5-4-6-11(2)16(10)13(17)8-7-12-9-15(3)14(18)19-12/h10-12H,4-9H2,1-3H3. The number of rotatable bonds is 3. The highest BCUT2D eigenvalue weighted by atomic mass is 16.6. The predicted molar refractivity (Wildman–Crippen MR) is 71.8 cm³/mol. The lowest BCUT2D eigenvalue weighted by Crippen LogP contribution is -2.47. The van der Waals surface area contributed by atoms with Gasteiger partial charge in [0.1, 0.15) is 6.10 Å². The molecule has 3 unspecified atom stereocenters. The van der Waals surface area contributed by atoms with Crippen LogP contribution in [0.3, 0.4) is 0 Å². The molecule has 2 saturated heterocycles. The molecule has 5 heteroatoms. The number of piperidine rings is 1. The van der Waals surface area contributed by atoms with Crippen LogP contribution in [0.4, 0.5) is 4.79 Å². The Morgan fingerprint density at radius 1 is 1.32 bits per heavy atom. The van der Waals surface area contributed by atoms with Gasteiger partial charge in [-0.1, -0.05) is 0 Å². The summed E-state index contributed by atoms with van der Waals surface area (Å²) < 4.78 is 5.18. The number of carbonyl (C=O) groups excluding carboxylic acids is 2. The Kier molecular flexibility index (Phi) is 4.32. The lowest BCUT2D eigenvalue weighted by atomic mass is 9.96. The summed E-state index contributed by atoms with van der Waals surface area (Å²) in [7, 11) is 1.72. The van der Waals surface area contributed by atoms with E-state index in [-0.39, 0.29) is 18.1 Å². The van der Waals surface area contributed by atoms with E-state index in [2.05, 4.69) is 13.8 Å². The molecule has 2 fully saturated rings. The van der Waals surface area contributed by atoms with E-state index < -0.39 is 0 Å². The van der Waals surface area contributed by atoms with Gasteiger partial charge in [-0.05, 0) is 39.5 Å². The zero-order chi connectivity index (χ0) is 14.0. The number of carbonyl (C=O) groups is 2. The first-order valence-corrected chi connectivity index (χ1v) is 7.22. The van der Waals surface area contributed by atoms with Gasteiger partial charge in [0.25, 0.3) is 0 Å². The fourth-order valence-corrected chi connectivity index (χ4v) is 3.13. The van der Waals surface area contributed by atoms with Crippen molar-refractivity contribution >= 4 is 12.0 Å². The molecule has 0 aliphatic carbocycles. The normalized spacial score (nSPS) is 31.5. The average molecular weight is 268 g/mol. The van der Waals surface area contributed by atoms with Gasteiger partial charge in [-0.2, -0.15) is 0 Å². The molecule has 0 radical (unpaired) electrons. The number of nitrogens with zero attached hydrogens (tertiary/aromatic N) is 2. The third kappa shape index (κ3) is 3.19. The molecule has 3 atom stereocenters. The first-order chi connectivity index (χ1) is 8.99. The number of ether oxygens (including phenoxy) is 1. The van der Waals surface area contributed by atoms with Crippen molar-refractivity contribution in [2.24, 2.45) is 0 Å². The minimum absolute atomic E-state index is 0.128. The molecular weight excluding hydrogens is 244 g/mol. The van der Waals surface area contributed by atoms with Crippen LogP contribution in [0.2, 0.25) is 0 Å². The van der Waals surface area contributed by atoms with E-state index in [1.54, 1.807) is 11.9 Å². The maximum atomic E-state index is 12.3. The highest BCUT2D eigenvalue weighted by molar-refractivity contribution is 5.77. The number of hydrogen-bond acceptors (Lipinski definition) is 3. The summed E-state index contributed by atoms with van der Waals surface area (Å²) in [6.07, 6.45) is 4.09. The molecule has 0 saturated carbocycles. The summed E-state index contributed by atoms with van der Waals surface area (Å²) in [6, 6.07) is 0.676. The van der Waals surface area contributed by atoms with E-state index in [0.29, 0.717) is 31.5 Å². The molecule has 2 aliphatic heterocycles. The molecule has 2 aliphatic rings. The van der Waals surface area contributed by atoms with E-state index >= 15 is 0 Å². The Morgan fingerprint density at radius 2 is 1.95 bits per heavy atom. The Hall–Kier alpha value is -1.26. The van der Waals surface area contributed by atoms with Gasteiger partial charge in [0.05, 0.1) is 6.54 Å². The van der Waals surface area contributed by atoms with Crippen molar-refractivity contribution in [3.05, 3.63) is 0 Å². The zero-order valence-electron chi connectivity index (χ0n) is 12.1. The molecule has 19 heavy (non-hydrogen) atoms. The number of likely N-dealkylation sites (N-methyl/N-ethyl adjacent to an activating group) is 1. The van der Waals surface area contributed by atoms with Crippen LogP contribution in [0.15, 0.2) is 0 Å². The predicted octanol–water partition coefficient (Wildman–Crippen LogP) is 2.01. The minimum Gasteiger partial charge on any atom is -0.444 e. The number of hydrogen-bond donors (Lipinski definition) is 0. The molecule has 0 spiro atoms. The fraction of sp³-hybridized carbons (Fsp3) is 0.857. The van der Waals surface area contributed by atoms with Crippen LogP contribution in [-0.2, 0) is 9.53 Å². The Morgan fingerprint density at radius 3 is 2.47 bits per heavy atom. The largest absolute Gasteiger partial charge is 0.444 e. The molecule has 2 rings (SSSR count). The highest BCUT2D eigenvalue weighted by Crippen LogP contribution is 2.24. The minimum atomic E-state index is -0.280. The van der Waals surface area contributed by atoms with E-state index in [9.17, 15) is 9.59 Å². The summed E-state index contributed by atoms with van der Waals surface area (Å²) in [5, 5.41) is 0. The fourth-order valence-electron chi connectivity index (χ4n) is 3.13. The molecule has 108 valence electrons. The lowest BCUT2D eigenvalue weighted by molar-refractivity contribution is -0.137. The maximum Gasteiger partial charge on any atom is 0.409 e. The summed E-state index contributed by atoms with van der Waals surface area (Å²) >= 11 is 0.